The second-order valence-electron chi connectivity index (χ2n) is 10.2. The molecule has 0 saturated heterocycles. The number of nitrogens with zero attached hydrogens (tertiary/aromatic N) is 2. The zero-order valence-corrected chi connectivity index (χ0v) is 21.9. The Labute approximate surface area is 233 Å². The van der Waals surface area contributed by atoms with Gasteiger partial charge in [0.1, 0.15) is 5.75 Å². The van der Waals surface area contributed by atoms with Gasteiger partial charge in [0.25, 0.3) is 0 Å². The van der Waals surface area contributed by atoms with Gasteiger partial charge in [0, 0.05) is 32.7 Å². The molecule has 3 heterocycles. The van der Waals surface area contributed by atoms with Gasteiger partial charge in [0.05, 0.1) is 0 Å². The van der Waals surface area contributed by atoms with Crippen molar-refractivity contribution in [1.82, 2.24) is 15.1 Å². The first-order valence-electron chi connectivity index (χ1n) is 12.9. The van der Waals surface area contributed by atoms with Gasteiger partial charge in [-0.25, -0.2) is 0 Å². The molecule has 0 aliphatic carbocycles. The molecule has 0 atom stereocenters. The van der Waals surface area contributed by atoms with Crippen molar-refractivity contribution >= 4 is 0 Å². The van der Waals surface area contributed by atoms with Crippen LogP contribution in [0.2, 0.25) is 0 Å². The van der Waals surface area contributed by atoms with Crippen LogP contribution in [0.25, 0.3) is 0 Å². The number of nitrogens with one attached hydrogen (secondary N) is 1. The zero-order valence-electron chi connectivity index (χ0n) is 21.9. The highest BCUT2D eigenvalue weighted by Crippen LogP contribution is 2.26. The smallest absolute Gasteiger partial charge is 0.119 e. The molecule has 0 unspecified atom stereocenters. The van der Waals surface area contributed by atoms with Crippen molar-refractivity contribution in [3.63, 3.8) is 0 Å². The molecule has 3 aromatic rings. The Balaban J connectivity index is 0.000000274. The maximum absolute atomic E-state index is 9.52. The van der Waals surface area contributed by atoms with Crippen molar-refractivity contribution in [3.05, 3.63) is 99.1 Å². The average molecular weight is 520 g/mol. The Morgan fingerprint density at radius 1 is 0.632 bits per heavy atom. The fourth-order valence-corrected chi connectivity index (χ4v) is 5.39. The molecule has 3 aliphatic rings. The molecular weight excluding hydrogens is 466 g/mol. The molecule has 3 aromatic carbocycles. The molecule has 0 aromatic heterocycles. The SMILES string of the molecule is C.C.C.CN1CCc2c(O)cccc2C1.Cc1cccc2c1CCN(C)C2.Cc1cccc2c1CCNC2. The molecule has 210 valence electrons. The van der Waals surface area contributed by atoms with Gasteiger partial charge in [-0.2, -0.15) is 0 Å². The monoisotopic (exact) mass is 519 g/mol. The zero-order chi connectivity index (χ0) is 24.8. The third kappa shape index (κ3) is 8.42. The number of fused-ring (bicyclic) bond motifs is 3. The van der Waals surface area contributed by atoms with Crippen LogP contribution in [-0.2, 0) is 38.9 Å². The van der Waals surface area contributed by atoms with Crippen LogP contribution in [0.3, 0.4) is 0 Å². The van der Waals surface area contributed by atoms with Gasteiger partial charge in [-0.1, -0.05) is 70.8 Å². The number of likely N-dealkylation sites (N-methyl/N-ethyl adjacent to an activating group) is 2. The van der Waals surface area contributed by atoms with E-state index in [0.717, 1.165) is 44.7 Å². The molecule has 4 nitrogen and oxygen atoms in total. The highest BCUT2D eigenvalue weighted by molar-refractivity contribution is 5.40. The van der Waals surface area contributed by atoms with Crippen LogP contribution in [0.1, 0.15) is 66.8 Å². The molecule has 4 heteroatoms. The van der Waals surface area contributed by atoms with E-state index in [0.29, 0.717) is 5.75 Å². The van der Waals surface area contributed by atoms with Crippen LogP contribution in [0.5, 0.6) is 5.75 Å². The maximum Gasteiger partial charge on any atom is 0.119 e. The lowest BCUT2D eigenvalue weighted by Crippen LogP contribution is -2.26. The summed E-state index contributed by atoms with van der Waals surface area (Å²) in [4.78, 5) is 4.64. The Hall–Kier alpha value is -2.66. The maximum atomic E-state index is 9.52. The summed E-state index contributed by atoms with van der Waals surface area (Å²) in [6, 6.07) is 18.9. The highest BCUT2D eigenvalue weighted by atomic mass is 16.3. The summed E-state index contributed by atoms with van der Waals surface area (Å²) < 4.78 is 0. The van der Waals surface area contributed by atoms with Crippen LogP contribution in [0, 0.1) is 13.8 Å². The Morgan fingerprint density at radius 2 is 1.11 bits per heavy atom. The van der Waals surface area contributed by atoms with Gasteiger partial charge in [0.2, 0.25) is 0 Å². The fourth-order valence-electron chi connectivity index (χ4n) is 5.39. The van der Waals surface area contributed by atoms with Crippen molar-refractivity contribution in [2.24, 2.45) is 0 Å². The van der Waals surface area contributed by atoms with Gasteiger partial charge < -0.3 is 20.2 Å². The number of aryl methyl sites for hydroxylation is 2. The Bertz CT molecular complexity index is 1080. The molecule has 0 radical (unpaired) electrons. The summed E-state index contributed by atoms with van der Waals surface area (Å²) in [6.45, 7) is 10.9. The normalized spacial score (nSPS) is 15.7. The fraction of sp³-hybridized carbons (Fsp3) is 0.471. The minimum absolute atomic E-state index is 0. The van der Waals surface area contributed by atoms with Crippen molar-refractivity contribution in [1.29, 1.82) is 0 Å². The summed E-state index contributed by atoms with van der Waals surface area (Å²) in [6.07, 6.45) is 3.39. The number of hydrogen-bond acceptors (Lipinski definition) is 4. The topological polar surface area (TPSA) is 38.7 Å². The first-order valence-corrected chi connectivity index (χ1v) is 12.9. The van der Waals surface area contributed by atoms with E-state index in [1.54, 1.807) is 17.2 Å². The lowest BCUT2D eigenvalue weighted by molar-refractivity contribution is 0.308. The molecule has 0 fully saturated rings. The van der Waals surface area contributed by atoms with E-state index < -0.39 is 0 Å². The lowest BCUT2D eigenvalue weighted by Gasteiger charge is -2.25. The molecular formula is C34H53N3O. The molecule has 0 amide bonds. The number of phenols is 1. The van der Waals surface area contributed by atoms with Gasteiger partial charge in [0.15, 0.2) is 0 Å². The first kappa shape index (κ1) is 33.4. The third-order valence-corrected chi connectivity index (χ3v) is 7.50. The molecule has 3 aliphatic heterocycles. The minimum Gasteiger partial charge on any atom is -0.508 e. The molecule has 6 rings (SSSR count). The minimum atomic E-state index is 0. The standard InChI is InChI=1S/C11H15N.C10H13NO.C10H13N.3CH4/c1-9-4-3-5-10-8-12(2)7-6-11(9)10;1-11-6-5-9-8(7-11)3-2-4-10(9)12;1-8-3-2-4-9-7-11-6-5-10(8)9;;;/h3-5H,6-8H2,1-2H3;2-4,12H,5-7H2,1H3;2-4,11H,5-7H2,1H3;3*1H4. The molecule has 0 spiro atoms. The van der Waals surface area contributed by atoms with Crippen molar-refractivity contribution < 1.29 is 5.11 Å². The largest absolute Gasteiger partial charge is 0.508 e. The van der Waals surface area contributed by atoms with E-state index in [2.05, 4.69) is 85.5 Å². The molecule has 0 bridgehead atoms. The number of rotatable bonds is 0. The summed E-state index contributed by atoms with van der Waals surface area (Å²) in [5.41, 5.74) is 11.4. The van der Waals surface area contributed by atoms with Gasteiger partial charge in [-0.3, -0.25) is 0 Å². The predicted octanol–water partition coefficient (Wildman–Crippen LogP) is 6.91. The van der Waals surface area contributed by atoms with Crippen molar-refractivity contribution in [2.45, 2.75) is 75.0 Å². The van der Waals surface area contributed by atoms with E-state index in [1.807, 2.05) is 6.07 Å². The Kier molecular flexibility index (Phi) is 13.8. The predicted molar refractivity (Wildman–Crippen MR) is 166 cm³/mol. The molecule has 2 N–H and O–H groups in total. The van der Waals surface area contributed by atoms with Crippen molar-refractivity contribution in [3.8, 4) is 5.75 Å². The molecule has 38 heavy (non-hydrogen) atoms. The summed E-state index contributed by atoms with van der Waals surface area (Å²) in [5, 5.41) is 12.9. The van der Waals surface area contributed by atoms with E-state index in [4.69, 9.17) is 0 Å². The van der Waals surface area contributed by atoms with Crippen LogP contribution in [0.4, 0.5) is 0 Å². The number of hydrogen-bond donors (Lipinski definition) is 2. The Morgan fingerprint density at radius 3 is 1.68 bits per heavy atom. The van der Waals surface area contributed by atoms with E-state index in [-0.39, 0.29) is 22.3 Å². The average Bonchev–Trinajstić information content (AvgIpc) is 2.85. The quantitative estimate of drug-likeness (QED) is 0.338. The van der Waals surface area contributed by atoms with Crippen molar-refractivity contribution in [2.75, 3.05) is 33.7 Å². The first-order chi connectivity index (χ1) is 16.9. The third-order valence-electron chi connectivity index (χ3n) is 7.50. The number of phenolic OH excluding ortho intramolecular Hbond substituents is 1. The number of benzene rings is 3. The van der Waals surface area contributed by atoms with Crippen LogP contribution in [-0.4, -0.2) is 48.6 Å². The lowest BCUT2D eigenvalue weighted by atomic mass is 9.96. The van der Waals surface area contributed by atoms with Crippen LogP contribution < -0.4 is 5.32 Å². The second kappa shape index (κ2) is 15.7. The summed E-state index contributed by atoms with van der Waals surface area (Å²) in [7, 11) is 4.29. The molecule has 0 saturated carbocycles. The summed E-state index contributed by atoms with van der Waals surface area (Å²) in [5.74, 6) is 0.459. The van der Waals surface area contributed by atoms with Gasteiger partial charge in [-0.15, -0.1) is 0 Å². The van der Waals surface area contributed by atoms with E-state index in [1.165, 1.54) is 47.2 Å². The highest BCUT2D eigenvalue weighted by Gasteiger charge is 2.15. The van der Waals surface area contributed by atoms with E-state index >= 15 is 0 Å². The van der Waals surface area contributed by atoms with Crippen LogP contribution >= 0.6 is 0 Å². The van der Waals surface area contributed by atoms with E-state index in [9.17, 15) is 5.11 Å². The number of aromatic hydroxyl groups is 1. The van der Waals surface area contributed by atoms with Gasteiger partial charge in [-0.05, 0) is 104 Å². The van der Waals surface area contributed by atoms with Gasteiger partial charge >= 0.3 is 0 Å². The second-order valence-corrected chi connectivity index (χ2v) is 10.2. The van der Waals surface area contributed by atoms with Crippen LogP contribution in [0.15, 0.2) is 54.6 Å². The summed E-state index contributed by atoms with van der Waals surface area (Å²) >= 11 is 0.